The summed E-state index contributed by atoms with van der Waals surface area (Å²) >= 11 is 6.58. The average molecular weight is 535 g/mol. The summed E-state index contributed by atoms with van der Waals surface area (Å²) in [5.41, 5.74) is 4.61. The Morgan fingerprint density at radius 1 is 1.08 bits per heavy atom. The van der Waals surface area contributed by atoms with Gasteiger partial charge in [-0.15, -0.1) is 0 Å². The van der Waals surface area contributed by atoms with Crippen LogP contribution < -0.4 is 15.0 Å². The molecule has 1 aliphatic heterocycles. The zero-order valence-electron chi connectivity index (χ0n) is 22.5. The predicted molar refractivity (Wildman–Crippen MR) is 150 cm³/mol. The molecule has 0 saturated carbocycles. The predicted octanol–water partition coefficient (Wildman–Crippen LogP) is 4.79. The second-order valence-corrected chi connectivity index (χ2v) is 11.7. The van der Waals surface area contributed by atoms with E-state index in [0.29, 0.717) is 23.3 Å². The van der Waals surface area contributed by atoms with Crippen LogP contribution in [0, 0.1) is 20.8 Å². The number of methoxy groups -OCH3 is 1. The maximum absolute atomic E-state index is 13.1. The number of anilines is 2. The van der Waals surface area contributed by atoms with Crippen LogP contribution in [-0.2, 0) is 15.8 Å². The van der Waals surface area contributed by atoms with Gasteiger partial charge >= 0.3 is 0 Å². The molecule has 198 valence electrons. The van der Waals surface area contributed by atoms with Crippen molar-refractivity contribution in [2.45, 2.75) is 51.0 Å². The van der Waals surface area contributed by atoms with Gasteiger partial charge in [-0.2, -0.15) is 0 Å². The molecule has 1 heterocycles. The number of nitrogens with zero attached hydrogens (tertiary/aromatic N) is 3. The van der Waals surface area contributed by atoms with Crippen LogP contribution in [-0.4, -0.2) is 73.3 Å². The molecule has 1 atom stereocenters. The second kappa shape index (κ2) is 12.4. The molecule has 1 aliphatic rings. The highest BCUT2D eigenvalue weighted by molar-refractivity contribution is 7.82. The maximum Gasteiger partial charge on any atom is 0.225 e. The van der Waals surface area contributed by atoms with E-state index in [2.05, 4.69) is 36.1 Å². The van der Waals surface area contributed by atoms with E-state index in [0.717, 1.165) is 59.0 Å². The van der Waals surface area contributed by atoms with Crippen LogP contribution >= 0.6 is 11.6 Å². The molecule has 9 heteroatoms. The van der Waals surface area contributed by atoms with Crippen molar-refractivity contribution in [1.82, 2.24) is 9.21 Å². The van der Waals surface area contributed by atoms with Gasteiger partial charge in [-0.05, 0) is 88.7 Å². The van der Waals surface area contributed by atoms with Gasteiger partial charge in [0.2, 0.25) is 5.91 Å². The Morgan fingerprint density at radius 3 is 2.25 bits per heavy atom. The van der Waals surface area contributed by atoms with Crippen molar-refractivity contribution >= 4 is 39.9 Å². The first-order chi connectivity index (χ1) is 17.0. The van der Waals surface area contributed by atoms with E-state index in [1.54, 1.807) is 18.5 Å². The molecular formula is C27H39ClN4O3S. The standard InChI is InChI=1S/C27H39ClN4O3S/c1-18-16-24(23(28)17-25(18)32-12-8-21(9-13-32)30(4)5)29-26(33)10-11-31(6)36(34)27-19(2)14-22(35-7)15-20(27)3/h14-17,21H,8-13H2,1-7H3,(H,29,33). The molecule has 1 amide bonds. The number of benzene rings is 2. The van der Waals surface area contributed by atoms with Crippen molar-refractivity contribution in [3.05, 3.63) is 46.0 Å². The number of carbonyl (C=O) groups is 1. The van der Waals surface area contributed by atoms with Gasteiger partial charge in [-0.3, -0.25) is 4.79 Å². The van der Waals surface area contributed by atoms with Crippen molar-refractivity contribution in [3.8, 4) is 5.75 Å². The molecule has 1 unspecified atom stereocenters. The van der Waals surface area contributed by atoms with Gasteiger partial charge in [0, 0.05) is 44.8 Å². The van der Waals surface area contributed by atoms with Crippen molar-refractivity contribution in [3.63, 3.8) is 0 Å². The third-order valence-electron chi connectivity index (χ3n) is 6.88. The molecule has 0 bridgehead atoms. The largest absolute Gasteiger partial charge is 0.497 e. The fraction of sp³-hybridized carbons (Fsp3) is 0.519. The average Bonchev–Trinajstić information content (AvgIpc) is 2.83. The number of piperidine rings is 1. The van der Waals surface area contributed by atoms with E-state index in [-0.39, 0.29) is 12.3 Å². The highest BCUT2D eigenvalue weighted by atomic mass is 35.5. The second-order valence-electron chi connectivity index (χ2n) is 9.79. The summed E-state index contributed by atoms with van der Waals surface area (Å²) < 4.78 is 20.1. The van der Waals surface area contributed by atoms with Gasteiger partial charge in [0.15, 0.2) is 0 Å². The van der Waals surface area contributed by atoms with Crippen LogP contribution in [0.2, 0.25) is 5.02 Å². The van der Waals surface area contributed by atoms with Crippen LogP contribution in [0.3, 0.4) is 0 Å². The zero-order valence-corrected chi connectivity index (χ0v) is 24.1. The Balaban J connectivity index is 1.59. The van der Waals surface area contributed by atoms with Crippen molar-refractivity contribution in [2.24, 2.45) is 0 Å². The molecule has 1 fully saturated rings. The molecule has 3 rings (SSSR count). The lowest BCUT2D eigenvalue weighted by molar-refractivity contribution is -0.116. The third-order valence-corrected chi connectivity index (χ3v) is 8.93. The highest BCUT2D eigenvalue weighted by Gasteiger charge is 2.23. The smallest absolute Gasteiger partial charge is 0.225 e. The first kappa shape index (κ1) is 28.4. The van der Waals surface area contributed by atoms with Crippen molar-refractivity contribution in [2.75, 3.05) is 58.1 Å². The Labute approximate surface area is 223 Å². The lowest BCUT2D eigenvalue weighted by atomic mass is 10.0. The van der Waals surface area contributed by atoms with E-state index in [9.17, 15) is 9.00 Å². The first-order valence-electron chi connectivity index (χ1n) is 12.3. The summed E-state index contributed by atoms with van der Waals surface area (Å²) in [6.45, 7) is 8.21. The normalized spacial score (nSPS) is 15.4. The van der Waals surface area contributed by atoms with Gasteiger partial charge in [0.05, 0.1) is 22.7 Å². The van der Waals surface area contributed by atoms with E-state index in [1.165, 1.54) is 0 Å². The minimum Gasteiger partial charge on any atom is -0.497 e. The summed E-state index contributed by atoms with van der Waals surface area (Å²) in [6.07, 6.45) is 2.44. The molecular weight excluding hydrogens is 496 g/mol. The summed E-state index contributed by atoms with van der Waals surface area (Å²) in [4.78, 5) is 18.1. The van der Waals surface area contributed by atoms with Gasteiger partial charge in [0.1, 0.15) is 16.7 Å². The fourth-order valence-corrected chi connectivity index (χ4v) is 6.19. The molecule has 0 aliphatic carbocycles. The summed E-state index contributed by atoms with van der Waals surface area (Å²) in [6, 6.07) is 8.26. The van der Waals surface area contributed by atoms with E-state index >= 15 is 0 Å². The molecule has 7 nitrogen and oxygen atoms in total. The number of aryl methyl sites for hydroxylation is 3. The summed E-state index contributed by atoms with van der Waals surface area (Å²) in [5.74, 6) is 0.576. The highest BCUT2D eigenvalue weighted by Crippen LogP contribution is 2.33. The van der Waals surface area contributed by atoms with Crippen LogP contribution in [0.1, 0.15) is 36.0 Å². The van der Waals surface area contributed by atoms with E-state index in [4.69, 9.17) is 16.3 Å². The van der Waals surface area contributed by atoms with Gasteiger partial charge < -0.3 is 19.9 Å². The Morgan fingerprint density at radius 2 is 1.69 bits per heavy atom. The quantitative estimate of drug-likeness (QED) is 0.501. The molecule has 36 heavy (non-hydrogen) atoms. The topological polar surface area (TPSA) is 65.1 Å². The summed E-state index contributed by atoms with van der Waals surface area (Å²) in [7, 11) is 6.27. The SMILES string of the molecule is COc1cc(C)c(S(=O)N(C)CCC(=O)Nc2cc(C)c(N3CCC(N(C)C)CC3)cc2Cl)c(C)c1. The molecule has 1 N–H and O–H groups in total. The number of rotatable bonds is 9. The van der Waals surface area contributed by atoms with Crippen molar-refractivity contribution < 1.29 is 13.7 Å². The van der Waals surface area contributed by atoms with Gasteiger partial charge in [-0.1, -0.05) is 11.6 Å². The minimum atomic E-state index is -1.38. The Bertz CT molecular complexity index is 1090. The van der Waals surface area contributed by atoms with Gasteiger partial charge in [-0.25, -0.2) is 8.51 Å². The van der Waals surface area contributed by atoms with Crippen LogP contribution in [0.5, 0.6) is 5.75 Å². The van der Waals surface area contributed by atoms with Gasteiger partial charge in [0.25, 0.3) is 0 Å². The first-order valence-corrected chi connectivity index (χ1v) is 13.8. The number of ether oxygens (including phenoxy) is 1. The van der Waals surface area contributed by atoms with Crippen molar-refractivity contribution in [1.29, 1.82) is 0 Å². The lowest BCUT2D eigenvalue weighted by Crippen LogP contribution is -2.42. The third kappa shape index (κ3) is 6.79. The van der Waals surface area contributed by atoms with Crippen LogP contribution in [0.15, 0.2) is 29.2 Å². The molecule has 2 aromatic rings. The molecule has 0 spiro atoms. The maximum atomic E-state index is 13.1. The van der Waals surface area contributed by atoms with Crippen LogP contribution in [0.25, 0.3) is 0 Å². The number of hydrogen-bond acceptors (Lipinski definition) is 5. The number of halogens is 1. The monoisotopic (exact) mass is 534 g/mol. The number of nitrogens with one attached hydrogen (secondary N) is 1. The number of amides is 1. The fourth-order valence-electron chi connectivity index (χ4n) is 4.74. The lowest BCUT2D eigenvalue weighted by Gasteiger charge is -2.37. The molecule has 2 aromatic carbocycles. The van der Waals surface area contributed by atoms with E-state index in [1.807, 2.05) is 38.1 Å². The number of hydrogen-bond donors (Lipinski definition) is 1. The molecule has 0 radical (unpaired) electrons. The summed E-state index contributed by atoms with van der Waals surface area (Å²) in [5, 5.41) is 3.46. The molecule has 1 saturated heterocycles. The Kier molecular flexibility index (Phi) is 9.80. The molecule has 0 aromatic heterocycles. The number of carbonyl (C=O) groups excluding carboxylic acids is 1. The van der Waals surface area contributed by atoms with E-state index < -0.39 is 11.0 Å². The zero-order chi connectivity index (χ0) is 26.6. The minimum absolute atomic E-state index is 0.164. The Hall–Kier alpha value is -2.13. The van der Waals surface area contributed by atoms with Crippen LogP contribution in [0.4, 0.5) is 11.4 Å².